The van der Waals surface area contributed by atoms with Crippen LogP contribution in [0.5, 0.6) is 0 Å². The van der Waals surface area contributed by atoms with Gasteiger partial charge in [-0.3, -0.25) is 9.78 Å². The number of amides is 1. The zero-order valence-electron chi connectivity index (χ0n) is 16.5. The standard InChI is InChI=1S/C24H19ClN4O2/c1-2-15-3-6-21(27-11-15)17-9-19-18(14-31-24(19)20(25)10-17)13-29-23(30)8-5-16-4-7-22(26)28-12-16/h2-12,14H,1,13H2,(H2,26,28)(H,29,30)/b8-5+. The van der Waals surface area contributed by atoms with Crippen molar-refractivity contribution in [2.45, 2.75) is 6.54 Å². The minimum atomic E-state index is -0.241. The second-order valence-corrected chi connectivity index (χ2v) is 7.25. The van der Waals surface area contributed by atoms with E-state index in [1.54, 1.807) is 42.9 Å². The summed E-state index contributed by atoms with van der Waals surface area (Å²) in [5.74, 6) is 0.188. The first-order valence-electron chi connectivity index (χ1n) is 9.49. The molecule has 0 saturated carbocycles. The number of nitrogens with one attached hydrogen (secondary N) is 1. The molecule has 154 valence electrons. The lowest BCUT2D eigenvalue weighted by Crippen LogP contribution is -2.19. The van der Waals surface area contributed by atoms with Crippen molar-refractivity contribution < 1.29 is 9.21 Å². The molecule has 4 aromatic rings. The molecular formula is C24H19ClN4O2. The quantitative estimate of drug-likeness (QED) is 0.415. The maximum atomic E-state index is 12.2. The molecule has 3 aromatic heterocycles. The van der Waals surface area contributed by atoms with Crippen molar-refractivity contribution in [1.29, 1.82) is 0 Å². The summed E-state index contributed by atoms with van der Waals surface area (Å²) in [5.41, 5.74) is 10.3. The molecule has 7 heteroatoms. The van der Waals surface area contributed by atoms with E-state index in [-0.39, 0.29) is 5.91 Å². The average Bonchev–Trinajstić information content (AvgIpc) is 3.21. The number of nitrogens with two attached hydrogens (primary N) is 1. The fourth-order valence-electron chi connectivity index (χ4n) is 3.06. The smallest absolute Gasteiger partial charge is 0.244 e. The van der Waals surface area contributed by atoms with Crippen LogP contribution in [-0.2, 0) is 11.3 Å². The van der Waals surface area contributed by atoms with Gasteiger partial charge in [-0.05, 0) is 47.5 Å². The van der Waals surface area contributed by atoms with E-state index in [9.17, 15) is 4.79 Å². The Morgan fingerprint density at radius 1 is 1.16 bits per heavy atom. The molecule has 1 amide bonds. The molecule has 6 nitrogen and oxygen atoms in total. The van der Waals surface area contributed by atoms with E-state index >= 15 is 0 Å². The van der Waals surface area contributed by atoms with E-state index in [1.807, 2.05) is 24.3 Å². The van der Waals surface area contributed by atoms with Crippen LogP contribution < -0.4 is 11.1 Å². The van der Waals surface area contributed by atoms with E-state index in [0.717, 1.165) is 33.3 Å². The van der Waals surface area contributed by atoms with Crippen molar-refractivity contribution in [2.24, 2.45) is 0 Å². The van der Waals surface area contributed by atoms with Gasteiger partial charge in [-0.2, -0.15) is 0 Å². The highest BCUT2D eigenvalue weighted by molar-refractivity contribution is 6.35. The Morgan fingerprint density at radius 2 is 1.97 bits per heavy atom. The maximum Gasteiger partial charge on any atom is 0.244 e. The maximum absolute atomic E-state index is 12.2. The minimum absolute atomic E-state index is 0.241. The molecule has 0 saturated heterocycles. The number of carbonyl (C=O) groups excluding carboxylic acids is 1. The Morgan fingerprint density at radius 3 is 2.68 bits per heavy atom. The lowest BCUT2D eigenvalue weighted by Gasteiger charge is -2.05. The van der Waals surface area contributed by atoms with Crippen LogP contribution in [0.4, 0.5) is 5.82 Å². The topological polar surface area (TPSA) is 94.0 Å². The second kappa shape index (κ2) is 8.85. The van der Waals surface area contributed by atoms with Crippen LogP contribution >= 0.6 is 11.6 Å². The van der Waals surface area contributed by atoms with Crippen molar-refractivity contribution in [3.8, 4) is 11.3 Å². The molecule has 0 bridgehead atoms. The van der Waals surface area contributed by atoms with Crippen molar-refractivity contribution in [2.75, 3.05) is 5.73 Å². The molecule has 31 heavy (non-hydrogen) atoms. The van der Waals surface area contributed by atoms with Gasteiger partial charge in [0.2, 0.25) is 5.91 Å². The van der Waals surface area contributed by atoms with Crippen molar-refractivity contribution in [3.05, 3.63) is 89.4 Å². The summed E-state index contributed by atoms with van der Waals surface area (Å²) >= 11 is 6.42. The number of benzene rings is 1. The monoisotopic (exact) mass is 430 g/mol. The number of hydrogen-bond acceptors (Lipinski definition) is 5. The second-order valence-electron chi connectivity index (χ2n) is 6.84. The van der Waals surface area contributed by atoms with Gasteiger partial charge in [0.05, 0.1) is 17.0 Å². The summed E-state index contributed by atoms with van der Waals surface area (Å²) in [6.45, 7) is 4.03. The molecule has 4 rings (SSSR count). The molecule has 0 atom stereocenters. The third-order valence-electron chi connectivity index (χ3n) is 4.72. The number of pyridine rings is 2. The Bertz CT molecular complexity index is 1280. The number of carbonyl (C=O) groups is 1. The lowest BCUT2D eigenvalue weighted by atomic mass is 10.1. The highest BCUT2D eigenvalue weighted by Gasteiger charge is 2.13. The highest BCUT2D eigenvalue weighted by Crippen LogP contribution is 2.33. The zero-order chi connectivity index (χ0) is 21.8. The van der Waals surface area contributed by atoms with Crippen LogP contribution in [0, 0.1) is 0 Å². The number of hydrogen-bond donors (Lipinski definition) is 2. The van der Waals surface area contributed by atoms with E-state index in [0.29, 0.717) is 23.0 Å². The van der Waals surface area contributed by atoms with Crippen LogP contribution in [0.25, 0.3) is 34.4 Å². The third-order valence-corrected chi connectivity index (χ3v) is 5.00. The number of nitrogens with zero attached hydrogens (tertiary/aromatic N) is 2. The number of halogens is 1. The Hall–Kier alpha value is -3.90. The molecule has 1 aromatic carbocycles. The van der Waals surface area contributed by atoms with E-state index in [2.05, 4.69) is 21.9 Å². The summed E-state index contributed by atoms with van der Waals surface area (Å²) in [6, 6.07) is 11.1. The first-order valence-corrected chi connectivity index (χ1v) is 9.87. The predicted molar refractivity (Wildman–Crippen MR) is 124 cm³/mol. The average molecular weight is 431 g/mol. The Labute approximate surface area is 184 Å². The Kier molecular flexibility index (Phi) is 5.82. The first-order chi connectivity index (χ1) is 15.0. The van der Waals surface area contributed by atoms with E-state index in [4.69, 9.17) is 21.8 Å². The van der Waals surface area contributed by atoms with Crippen LogP contribution in [-0.4, -0.2) is 15.9 Å². The van der Waals surface area contributed by atoms with E-state index < -0.39 is 0 Å². The zero-order valence-corrected chi connectivity index (χ0v) is 17.3. The fourth-order valence-corrected chi connectivity index (χ4v) is 3.32. The normalized spacial score (nSPS) is 11.1. The SMILES string of the molecule is C=Cc1ccc(-c2cc(Cl)c3occ(CNC(=O)/C=C/c4ccc(N)nc4)c3c2)nc1. The Balaban J connectivity index is 1.52. The van der Waals surface area contributed by atoms with Crippen molar-refractivity contribution >= 4 is 46.4 Å². The largest absolute Gasteiger partial charge is 0.462 e. The molecule has 0 radical (unpaired) electrons. The molecule has 0 spiro atoms. The minimum Gasteiger partial charge on any atom is -0.462 e. The van der Waals surface area contributed by atoms with Gasteiger partial charge < -0.3 is 15.5 Å². The molecular weight excluding hydrogens is 412 g/mol. The third kappa shape index (κ3) is 4.65. The summed E-state index contributed by atoms with van der Waals surface area (Å²) < 4.78 is 5.62. The highest BCUT2D eigenvalue weighted by atomic mass is 35.5. The van der Waals surface area contributed by atoms with Gasteiger partial charge in [0.15, 0.2) is 5.58 Å². The summed E-state index contributed by atoms with van der Waals surface area (Å²) in [4.78, 5) is 20.7. The van der Waals surface area contributed by atoms with Gasteiger partial charge in [0.25, 0.3) is 0 Å². The molecule has 0 aliphatic carbocycles. The van der Waals surface area contributed by atoms with Crippen LogP contribution in [0.15, 0.2) is 72.1 Å². The van der Waals surface area contributed by atoms with Crippen molar-refractivity contribution in [3.63, 3.8) is 0 Å². The number of nitrogen functional groups attached to an aromatic ring is 1. The molecule has 0 fully saturated rings. The number of aromatic nitrogens is 2. The van der Waals surface area contributed by atoms with Gasteiger partial charge in [-0.1, -0.05) is 30.3 Å². The molecule has 0 unspecified atom stereocenters. The fraction of sp³-hybridized carbons (Fsp3) is 0.0417. The summed E-state index contributed by atoms with van der Waals surface area (Å²) in [7, 11) is 0. The summed E-state index contributed by atoms with van der Waals surface area (Å²) in [5, 5.41) is 4.16. The van der Waals surface area contributed by atoms with E-state index in [1.165, 1.54) is 6.08 Å². The lowest BCUT2D eigenvalue weighted by molar-refractivity contribution is -0.116. The number of rotatable bonds is 6. The van der Waals surface area contributed by atoms with Gasteiger partial charge in [-0.15, -0.1) is 0 Å². The van der Waals surface area contributed by atoms with Crippen LogP contribution in [0.2, 0.25) is 5.02 Å². The predicted octanol–water partition coefficient (Wildman–Crippen LogP) is 5.10. The summed E-state index contributed by atoms with van der Waals surface area (Å²) in [6.07, 6.45) is 9.80. The number of anilines is 1. The number of fused-ring (bicyclic) bond motifs is 1. The molecule has 3 heterocycles. The van der Waals surface area contributed by atoms with Crippen molar-refractivity contribution in [1.82, 2.24) is 15.3 Å². The molecule has 3 N–H and O–H groups in total. The van der Waals surface area contributed by atoms with Crippen LogP contribution in [0.3, 0.4) is 0 Å². The molecule has 0 aliphatic rings. The molecule has 0 aliphatic heterocycles. The van der Waals surface area contributed by atoms with Gasteiger partial charge in [0, 0.05) is 41.5 Å². The van der Waals surface area contributed by atoms with Gasteiger partial charge >= 0.3 is 0 Å². The van der Waals surface area contributed by atoms with Gasteiger partial charge in [0.1, 0.15) is 5.82 Å². The van der Waals surface area contributed by atoms with Gasteiger partial charge in [-0.25, -0.2) is 4.98 Å². The number of furan rings is 1. The first kappa shape index (κ1) is 20.4. The van der Waals surface area contributed by atoms with Crippen LogP contribution in [0.1, 0.15) is 16.7 Å².